The van der Waals surface area contributed by atoms with Crippen molar-refractivity contribution in [2.75, 3.05) is 13.1 Å². The Bertz CT molecular complexity index is 386. The van der Waals surface area contributed by atoms with Gasteiger partial charge >= 0.3 is 0 Å². The third kappa shape index (κ3) is 3.16. The highest BCUT2D eigenvalue weighted by molar-refractivity contribution is 5.92. The number of rotatable bonds is 5. The van der Waals surface area contributed by atoms with Crippen LogP contribution >= 0.6 is 0 Å². The van der Waals surface area contributed by atoms with E-state index in [0.29, 0.717) is 24.1 Å². The molecular formula is C10H15FN4O. The average molecular weight is 226 g/mol. The Morgan fingerprint density at radius 2 is 2.50 bits per heavy atom. The molecule has 5 nitrogen and oxygen atoms in total. The van der Waals surface area contributed by atoms with Crippen molar-refractivity contribution in [2.45, 2.75) is 13.5 Å². The van der Waals surface area contributed by atoms with Crippen molar-refractivity contribution in [2.24, 2.45) is 5.73 Å². The van der Waals surface area contributed by atoms with E-state index in [1.807, 2.05) is 6.92 Å². The predicted molar refractivity (Wildman–Crippen MR) is 58.5 cm³/mol. The fraction of sp³-hybridized carbons (Fsp3) is 0.400. The topological polar surface area (TPSA) is 72.9 Å². The van der Waals surface area contributed by atoms with Gasteiger partial charge in [0, 0.05) is 19.3 Å². The second-order valence-electron chi connectivity index (χ2n) is 3.23. The SMILES string of the molecule is CCNC(=O)c1ccn(CC(=CF)CN)n1. The molecule has 0 fully saturated rings. The summed E-state index contributed by atoms with van der Waals surface area (Å²) in [6, 6.07) is 1.58. The molecule has 1 aromatic rings. The van der Waals surface area contributed by atoms with Crippen LogP contribution in [-0.2, 0) is 6.54 Å². The summed E-state index contributed by atoms with van der Waals surface area (Å²) in [7, 11) is 0. The first-order valence-corrected chi connectivity index (χ1v) is 5.01. The summed E-state index contributed by atoms with van der Waals surface area (Å²) >= 11 is 0. The zero-order chi connectivity index (χ0) is 12.0. The minimum Gasteiger partial charge on any atom is -0.351 e. The number of carbonyl (C=O) groups excluding carboxylic acids is 1. The first-order valence-electron chi connectivity index (χ1n) is 5.01. The molecule has 1 rings (SSSR count). The normalized spacial score (nSPS) is 11.6. The molecule has 0 unspecified atom stereocenters. The Morgan fingerprint density at radius 3 is 3.06 bits per heavy atom. The van der Waals surface area contributed by atoms with Crippen molar-refractivity contribution < 1.29 is 9.18 Å². The van der Waals surface area contributed by atoms with Gasteiger partial charge < -0.3 is 11.1 Å². The van der Waals surface area contributed by atoms with Crippen LogP contribution in [0, 0.1) is 0 Å². The molecule has 0 atom stereocenters. The van der Waals surface area contributed by atoms with Gasteiger partial charge in [0.2, 0.25) is 0 Å². The maximum Gasteiger partial charge on any atom is 0.271 e. The third-order valence-electron chi connectivity index (χ3n) is 1.99. The smallest absolute Gasteiger partial charge is 0.271 e. The highest BCUT2D eigenvalue weighted by Crippen LogP contribution is 2.01. The average Bonchev–Trinajstić information content (AvgIpc) is 2.74. The fourth-order valence-electron chi connectivity index (χ4n) is 1.17. The molecule has 3 N–H and O–H groups in total. The Balaban J connectivity index is 2.68. The van der Waals surface area contributed by atoms with Crippen LogP contribution in [0.3, 0.4) is 0 Å². The van der Waals surface area contributed by atoms with Crippen LogP contribution in [0.4, 0.5) is 4.39 Å². The van der Waals surface area contributed by atoms with E-state index in [4.69, 9.17) is 5.73 Å². The molecule has 0 bridgehead atoms. The minimum absolute atomic E-state index is 0.132. The number of nitrogens with one attached hydrogen (secondary N) is 1. The minimum atomic E-state index is -0.236. The molecule has 1 heterocycles. The van der Waals surface area contributed by atoms with Crippen LogP contribution in [0.5, 0.6) is 0 Å². The molecule has 1 amide bonds. The lowest BCUT2D eigenvalue weighted by atomic mass is 10.3. The summed E-state index contributed by atoms with van der Waals surface area (Å²) in [4.78, 5) is 11.4. The van der Waals surface area contributed by atoms with E-state index < -0.39 is 0 Å². The van der Waals surface area contributed by atoms with Crippen molar-refractivity contribution >= 4 is 5.91 Å². The number of carbonyl (C=O) groups is 1. The number of nitrogens with zero attached hydrogens (tertiary/aromatic N) is 2. The zero-order valence-electron chi connectivity index (χ0n) is 9.11. The van der Waals surface area contributed by atoms with Crippen molar-refractivity contribution in [1.82, 2.24) is 15.1 Å². The molecule has 0 aliphatic heterocycles. The fourth-order valence-corrected chi connectivity index (χ4v) is 1.17. The molecule has 16 heavy (non-hydrogen) atoms. The second-order valence-corrected chi connectivity index (χ2v) is 3.23. The number of nitrogens with two attached hydrogens (primary N) is 1. The molecule has 6 heteroatoms. The summed E-state index contributed by atoms with van der Waals surface area (Å²) in [5.41, 5.74) is 6.06. The molecule has 88 valence electrons. The van der Waals surface area contributed by atoms with Gasteiger partial charge in [-0.25, -0.2) is 4.39 Å². The maximum atomic E-state index is 12.3. The van der Waals surface area contributed by atoms with Crippen molar-refractivity contribution in [3.05, 3.63) is 29.9 Å². The highest BCUT2D eigenvalue weighted by Gasteiger charge is 2.08. The molecule has 1 aromatic heterocycles. The lowest BCUT2D eigenvalue weighted by molar-refractivity contribution is 0.0950. The lowest BCUT2D eigenvalue weighted by Gasteiger charge is -2.02. The van der Waals surface area contributed by atoms with E-state index in [1.165, 1.54) is 4.68 Å². The van der Waals surface area contributed by atoms with Crippen LogP contribution in [0.25, 0.3) is 0 Å². The van der Waals surface area contributed by atoms with Gasteiger partial charge in [0.1, 0.15) is 5.69 Å². The molecule has 0 aliphatic carbocycles. The number of amides is 1. The van der Waals surface area contributed by atoms with Gasteiger partial charge in [-0.15, -0.1) is 0 Å². The summed E-state index contributed by atoms with van der Waals surface area (Å²) in [6.07, 6.45) is 2.08. The van der Waals surface area contributed by atoms with E-state index in [9.17, 15) is 9.18 Å². The molecular weight excluding hydrogens is 211 g/mol. The van der Waals surface area contributed by atoms with Gasteiger partial charge in [-0.3, -0.25) is 9.48 Å². The Kier molecular flexibility index (Phi) is 4.65. The molecule has 0 spiro atoms. The molecule has 0 aliphatic rings. The first-order chi connectivity index (χ1) is 7.71. The van der Waals surface area contributed by atoms with Crippen LogP contribution in [0.1, 0.15) is 17.4 Å². The van der Waals surface area contributed by atoms with E-state index in [-0.39, 0.29) is 19.0 Å². The molecule has 0 radical (unpaired) electrons. The van der Waals surface area contributed by atoms with Gasteiger partial charge in [-0.05, 0) is 18.6 Å². The van der Waals surface area contributed by atoms with Crippen LogP contribution < -0.4 is 11.1 Å². The number of aromatic nitrogens is 2. The van der Waals surface area contributed by atoms with Gasteiger partial charge in [-0.1, -0.05) is 0 Å². The van der Waals surface area contributed by atoms with Crippen molar-refractivity contribution in [3.8, 4) is 0 Å². The monoisotopic (exact) mass is 226 g/mol. The number of hydrogen-bond donors (Lipinski definition) is 2. The zero-order valence-corrected chi connectivity index (χ0v) is 9.11. The molecule has 0 saturated carbocycles. The van der Waals surface area contributed by atoms with Crippen LogP contribution in [-0.4, -0.2) is 28.8 Å². The highest BCUT2D eigenvalue weighted by atomic mass is 19.1. The van der Waals surface area contributed by atoms with Crippen molar-refractivity contribution in [3.63, 3.8) is 0 Å². The first kappa shape index (κ1) is 12.4. The Morgan fingerprint density at radius 1 is 1.75 bits per heavy atom. The summed E-state index contributed by atoms with van der Waals surface area (Å²) in [5, 5.41) is 6.63. The van der Waals surface area contributed by atoms with Crippen molar-refractivity contribution in [1.29, 1.82) is 0 Å². The van der Waals surface area contributed by atoms with Gasteiger partial charge in [-0.2, -0.15) is 5.10 Å². The largest absolute Gasteiger partial charge is 0.351 e. The van der Waals surface area contributed by atoms with E-state index in [0.717, 1.165) is 0 Å². The second kappa shape index (κ2) is 6.02. The van der Waals surface area contributed by atoms with Crippen LogP contribution in [0.2, 0.25) is 0 Å². The van der Waals surface area contributed by atoms with Gasteiger partial charge in [0.25, 0.3) is 5.91 Å². The third-order valence-corrected chi connectivity index (χ3v) is 1.99. The Hall–Kier alpha value is -1.69. The lowest BCUT2D eigenvalue weighted by Crippen LogP contribution is -2.23. The quantitative estimate of drug-likeness (QED) is 0.765. The van der Waals surface area contributed by atoms with Gasteiger partial charge in [0.05, 0.1) is 12.9 Å². The van der Waals surface area contributed by atoms with Crippen LogP contribution in [0.15, 0.2) is 24.2 Å². The molecule has 0 saturated heterocycles. The standard InChI is InChI=1S/C10H15FN4O/c1-2-13-10(16)9-3-4-15(14-9)7-8(5-11)6-12/h3-5H,2,6-7,12H2,1H3,(H,13,16). The number of hydrogen-bond acceptors (Lipinski definition) is 3. The Labute approximate surface area is 93.1 Å². The van der Waals surface area contributed by atoms with E-state index in [1.54, 1.807) is 12.3 Å². The summed E-state index contributed by atoms with van der Waals surface area (Å²) in [5.74, 6) is -0.236. The summed E-state index contributed by atoms with van der Waals surface area (Å²) < 4.78 is 13.7. The molecule has 0 aromatic carbocycles. The maximum absolute atomic E-state index is 12.3. The predicted octanol–water partition coefficient (Wildman–Crippen LogP) is 0.445. The summed E-state index contributed by atoms with van der Waals surface area (Å²) in [6.45, 7) is 2.76. The van der Waals surface area contributed by atoms with E-state index in [2.05, 4.69) is 10.4 Å². The number of halogens is 1. The van der Waals surface area contributed by atoms with Gasteiger partial charge in [0.15, 0.2) is 0 Å². The van der Waals surface area contributed by atoms with E-state index >= 15 is 0 Å².